The second-order valence-corrected chi connectivity index (χ2v) is 6.64. The first-order valence-electron chi connectivity index (χ1n) is 9.92. The Labute approximate surface area is 144 Å². The summed E-state index contributed by atoms with van der Waals surface area (Å²) in [5.41, 5.74) is 0. The number of unbranched alkanes of at least 4 members (excludes halogenated alkanes) is 11. The molecular weight excluding hydrogens is 288 g/mol. The molecule has 0 aliphatic rings. The molecule has 3 heteroatoms. The summed E-state index contributed by atoms with van der Waals surface area (Å²) in [5, 5.41) is 17.3. The lowest BCUT2D eigenvalue weighted by molar-refractivity contribution is -0.134. The van der Waals surface area contributed by atoms with E-state index in [9.17, 15) is 5.11 Å². The quantitative estimate of drug-likeness (QED) is 0.345. The molecule has 0 bridgehead atoms. The maximum Gasteiger partial charge on any atom is 0.300 e. The highest BCUT2D eigenvalue weighted by atomic mass is 16.4. The van der Waals surface area contributed by atoms with Crippen LogP contribution in [0.3, 0.4) is 0 Å². The molecule has 0 heterocycles. The minimum absolute atomic E-state index is 0.0261. The molecule has 0 aromatic heterocycles. The van der Waals surface area contributed by atoms with Crippen LogP contribution in [0.25, 0.3) is 0 Å². The molecule has 1 unspecified atom stereocenters. The molecule has 23 heavy (non-hydrogen) atoms. The first-order valence-corrected chi connectivity index (χ1v) is 9.92. The van der Waals surface area contributed by atoms with Gasteiger partial charge in [-0.25, -0.2) is 0 Å². The first-order chi connectivity index (χ1) is 11.0. The fourth-order valence-electron chi connectivity index (χ4n) is 2.64. The third-order valence-electron chi connectivity index (χ3n) is 4.03. The van der Waals surface area contributed by atoms with E-state index in [2.05, 4.69) is 13.8 Å². The Hall–Kier alpha value is -0.570. The van der Waals surface area contributed by atoms with Crippen molar-refractivity contribution in [1.82, 2.24) is 0 Å². The second kappa shape index (κ2) is 21.4. The van der Waals surface area contributed by atoms with Gasteiger partial charge in [0.25, 0.3) is 5.97 Å². The Kier molecular flexibility index (Phi) is 23.0. The molecule has 0 saturated carbocycles. The van der Waals surface area contributed by atoms with E-state index in [4.69, 9.17) is 9.90 Å². The lowest BCUT2D eigenvalue weighted by Gasteiger charge is -2.10. The molecule has 0 rings (SSSR count). The van der Waals surface area contributed by atoms with Crippen LogP contribution in [0, 0.1) is 0 Å². The zero-order chi connectivity index (χ0) is 17.8. The van der Waals surface area contributed by atoms with Crippen molar-refractivity contribution >= 4 is 5.97 Å². The van der Waals surface area contributed by atoms with Crippen LogP contribution >= 0.6 is 0 Å². The van der Waals surface area contributed by atoms with E-state index in [1.807, 2.05) is 0 Å². The molecule has 0 saturated heterocycles. The molecule has 0 aliphatic heterocycles. The zero-order valence-electron chi connectivity index (χ0n) is 16.0. The molecule has 0 radical (unpaired) electrons. The molecule has 140 valence electrons. The lowest BCUT2D eigenvalue weighted by atomic mass is 10.0. The van der Waals surface area contributed by atoms with Crippen molar-refractivity contribution in [3.05, 3.63) is 0 Å². The third kappa shape index (κ3) is 30.0. The summed E-state index contributed by atoms with van der Waals surface area (Å²) < 4.78 is 0. The van der Waals surface area contributed by atoms with Crippen LogP contribution < -0.4 is 0 Å². The lowest BCUT2D eigenvalue weighted by Crippen LogP contribution is -2.05. The van der Waals surface area contributed by atoms with Crippen molar-refractivity contribution in [3.63, 3.8) is 0 Å². The predicted octanol–water partition coefficient (Wildman–Crippen LogP) is 6.33. The van der Waals surface area contributed by atoms with Gasteiger partial charge in [-0.3, -0.25) is 4.79 Å². The molecule has 0 aromatic carbocycles. The van der Waals surface area contributed by atoms with Crippen LogP contribution in [0.4, 0.5) is 0 Å². The Balaban J connectivity index is 0. The fraction of sp³-hybridized carbons (Fsp3) is 0.950. The molecule has 0 spiro atoms. The number of carbonyl (C=O) groups is 1. The van der Waals surface area contributed by atoms with Crippen molar-refractivity contribution in [2.24, 2.45) is 0 Å². The number of carboxylic acids is 1. The van der Waals surface area contributed by atoms with Crippen molar-refractivity contribution in [2.45, 2.75) is 123 Å². The van der Waals surface area contributed by atoms with Gasteiger partial charge in [-0.15, -0.1) is 0 Å². The number of aliphatic hydroxyl groups excluding tert-OH is 1. The van der Waals surface area contributed by atoms with Gasteiger partial charge in [0, 0.05) is 6.92 Å². The molecule has 3 nitrogen and oxygen atoms in total. The highest BCUT2D eigenvalue weighted by molar-refractivity contribution is 5.62. The van der Waals surface area contributed by atoms with E-state index in [0.29, 0.717) is 0 Å². The molecule has 0 amide bonds. The Morgan fingerprint density at radius 3 is 1.26 bits per heavy atom. The average Bonchev–Trinajstić information content (AvgIpc) is 2.49. The standard InChI is InChI=1S/C18H38O.C2H4O2/c1-3-5-7-9-11-13-15-17-18(19)16-14-12-10-8-6-4-2;1-2(3)4/h18-19H,3-17H2,1-2H3;1H3,(H,3,4). The van der Waals surface area contributed by atoms with Gasteiger partial charge < -0.3 is 10.2 Å². The average molecular weight is 331 g/mol. The Bertz CT molecular complexity index is 225. The topological polar surface area (TPSA) is 57.5 Å². The van der Waals surface area contributed by atoms with E-state index in [1.54, 1.807) is 0 Å². The van der Waals surface area contributed by atoms with E-state index >= 15 is 0 Å². The van der Waals surface area contributed by atoms with Gasteiger partial charge in [-0.1, -0.05) is 97.3 Å². The minimum atomic E-state index is -0.833. The largest absolute Gasteiger partial charge is 0.481 e. The van der Waals surface area contributed by atoms with E-state index < -0.39 is 5.97 Å². The maximum absolute atomic E-state index is 9.89. The van der Waals surface area contributed by atoms with Gasteiger partial charge in [0.2, 0.25) is 0 Å². The summed E-state index contributed by atoms with van der Waals surface area (Å²) in [7, 11) is 0. The minimum Gasteiger partial charge on any atom is -0.481 e. The smallest absolute Gasteiger partial charge is 0.300 e. The predicted molar refractivity (Wildman–Crippen MR) is 99.9 cm³/mol. The monoisotopic (exact) mass is 330 g/mol. The van der Waals surface area contributed by atoms with Crippen molar-refractivity contribution in [2.75, 3.05) is 0 Å². The molecule has 0 aromatic rings. The van der Waals surface area contributed by atoms with Gasteiger partial charge >= 0.3 is 0 Å². The van der Waals surface area contributed by atoms with Crippen LogP contribution in [0.1, 0.15) is 117 Å². The first kappa shape index (κ1) is 24.7. The summed E-state index contributed by atoms with van der Waals surface area (Å²) in [6, 6.07) is 0. The molecule has 2 N–H and O–H groups in total. The summed E-state index contributed by atoms with van der Waals surface area (Å²) in [5.74, 6) is -0.833. The number of rotatable bonds is 15. The number of carboxylic acid groups (broad SMARTS) is 1. The van der Waals surface area contributed by atoms with Gasteiger partial charge in [-0.05, 0) is 12.8 Å². The van der Waals surface area contributed by atoms with E-state index in [1.165, 1.54) is 83.5 Å². The summed E-state index contributed by atoms with van der Waals surface area (Å²) in [4.78, 5) is 9.00. The summed E-state index contributed by atoms with van der Waals surface area (Å²) >= 11 is 0. The number of aliphatic hydroxyl groups is 1. The highest BCUT2D eigenvalue weighted by Crippen LogP contribution is 2.14. The van der Waals surface area contributed by atoms with Crippen molar-refractivity contribution < 1.29 is 15.0 Å². The number of hydrogen-bond donors (Lipinski definition) is 2. The van der Waals surface area contributed by atoms with E-state index in [0.717, 1.165) is 19.8 Å². The molecule has 0 aliphatic carbocycles. The summed E-state index contributed by atoms with van der Waals surface area (Å²) in [6.07, 6.45) is 19.4. The Morgan fingerprint density at radius 1 is 0.696 bits per heavy atom. The van der Waals surface area contributed by atoms with Crippen molar-refractivity contribution in [1.29, 1.82) is 0 Å². The van der Waals surface area contributed by atoms with Crippen LogP contribution in [0.2, 0.25) is 0 Å². The van der Waals surface area contributed by atoms with E-state index in [-0.39, 0.29) is 6.10 Å². The molecular formula is C20H42O3. The third-order valence-corrected chi connectivity index (χ3v) is 4.03. The SMILES string of the molecule is CC(=O)O.CCCCCCCCCC(O)CCCCCCCC. The van der Waals surface area contributed by atoms with Gasteiger partial charge in [0.15, 0.2) is 0 Å². The second-order valence-electron chi connectivity index (χ2n) is 6.64. The normalized spacial score (nSPS) is 11.7. The molecule has 0 fully saturated rings. The van der Waals surface area contributed by atoms with Crippen LogP contribution in [-0.4, -0.2) is 22.3 Å². The van der Waals surface area contributed by atoms with Gasteiger partial charge in [-0.2, -0.15) is 0 Å². The van der Waals surface area contributed by atoms with Crippen molar-refractivity contribution in [3.8, 4) is 0 Å². The zero-order valence-corrected chi connectivity index (χ0v) is 16.0. The number of hydrogen-bond acceptors (Lipinski definition) is 2. The van der Waals surface area contributed by atoms with Gasteiger partial charge in [0.05, 0.1) is 6.10 Å². The highest BCUT2D eigenvalue weighted by Gasteiger charge is 2.03. The van der Waals surface area contributed by atoms with Gasteiger partial charge in [0.1, 0.15) is 0 Å². The van der Waals surface area contributed by atoms with Crippen LogP contribution in [0.5, 0.6) is 0 Å². The number of aliphatic carboxylic acids is 1. The fourth-order valence-corrected chi connectivity index (χ4v) is 2.64. The maximum atomic E-state index is 9.89. The van der Waals surface area contributed by atoms with Crippen LogP contribution in [0.15, 0.2) is 0 Å². The Morgan fingerprint density at radius 2 is 0.957 bits per heavy atom. The molecule has 1 atom stereocenters. The summed E-state index contributed by atoms with van der Waals surface area (Å²) in [6.45, 7) is 5.60. The van der Waals surface area contributed by atoms with Crippen LogP contribution in [-0.2, 0) is 4.79 Å².